The van der Waals surface area contributed by atoms with E-state index in [-0.39, 0.29) is 0 Å². The lowest BCUT2D eigenvalue weighted by atomic mass is 9.85. The first-order chi connectivity index (χ1) is 10.00. The number of aryl methyl sites for hydroxylation is 1. The highest BCUT2D eigenvalue weighted by Gasteiger charge is 2.24. The third-order valence-corrected chi connectivity index (χ3v) is 4.53. The van der Waals surface area contributed by atoms with Gasteiger partial charge >= 0.3 is 0 Å². The van der Waals surface area contributed by atoms with E-state index in [9.17, 15) is 0 Å². The van der Waals surface area contributed by atoms with Crippen molar-refractivity contribution < 1.29 is 4.74 Å². The minimum Gasteiger partial charge on any atom is -0.491 e. The van der Waals surface area contributed by atoms with E-state index in [1.807, 2.05) is 0 Å². The maximum atomic E-state index is 5.92. The molecule has 1 unspecified atom stereocenters. The Bertz CT molecular complexity index is 453. The molecule has 1 aromatic rings. The normalized spacial score (nSPS) is 21.6. The number of benzene rings is 1. The topological polar surface area (TPSA) is 21.3 Å². The summed E-state index contributed by atoms with van der Waals surface area (Å²) in [4.78, 5) is 0. The van der Waals surface area contributed by atoms with Crippen LogP contribution in [0.5, 0.6) is 5.75 Å². The van der Waals surface area contributed by atoms with Gasteiger partial charge in [-0.15, -0.1) is 0 Å². The summed E-state index contributed by atoms with van der Waals surface area (Å²) in [6.07, 6.45) is 7.55. The molecule has 1 atom stereocenters. The quantitative estimate of drug-likeness (QED) is 0.717. The molecule has 0 spiro atoms. The van der Waals surface area contributed by atoms with Crippen molar-refractivity contribution in [1.29, 1.82) is 0 Å². The van der Waals surface area contributed by atoms with E-state index in [2.05, 4.69) is 51.2 Å². The van der Waals surface area contributed by atoms with E-state index in [1.165, 1.54) is 43.4 Å². The molecule has 0 aliphatic heterocycles. The molecule has 2 heteroatoms. The summed E-state index contributed by atoms with van der Waals surface area (Å²) < 4.78 is 5.92. The lowest BCUT2D eigenvalue weighted by molar-refractivity contribution is 0.313. The molecule has 0 saturated heterocycles. The van der Waals surface area contributed by atoms with Gasteiger partial charge in [0.1, 0.15) is 5.75 Å². The summed E-state index contributed by atoms with van der Waals surface area (Å²) in [5.41, 5.74) is 2.93. The summed E-state index contributed by atoms with van der Waals surface area (Å²) in [7, 11) is 0. The SMILES string of the molecule is CCCOc1cc(C)ccc1NC1CCCC(C)(C)CC1. The molecule has 1 saturated carbocycles. The van der Waals surface area contributed by atoms with Crippen molar-refractivity contribution in [3.8, 4) is 5.75 Å². The van der Waals surface area contributed by atoms with Crippen LogP contribution in [0, 0.1) is 12.3 Å². The predicted molar refractivity (Wildman–Crippen MR) is 91.2 cm³/mol. The van der Waals surface area contributed by atoms with Gasteiger partial charge in [0.05, 0.1) is 12.3 Å². The molecular formula is C19H31NO. The van der Waals surface area contributed by atoms with Crippen molar-refractivity contribution in [2.24, 2.45) is 5.41 Å². The molecule has 2 rings (SSSR count). The largest absolute Gasteiger partial charge is 0.491 e. The van der Waals surface area contributed by atoms with Gasteiger partial charge < -0.3 is 10.1 Å². The first-order valence-electron chi connectivity index (χ1n) is 8.50. The predicted octanol–water partition coefficient (Wildman–Crippen LogP) is 5.55. The van der Waals surface area contributed by atoms with Crippen LogP contribution in [0.2, 0.25) is 0 Å². The molecular weight excluding hydrogens is 258 g/mol. The standard InChI is InChI=1S/C19H31NO/c1-5-13-21-18-14-15(2)8-9-17(18)20-16-7-6-11-19(3,4)12-10-16/h8-9,14,16,20H,5-7,10-13H2,1-4H3. The van der Waals surface area contributed by atoms with Gasteiger partial charge in [-0.1, -0.05) is 33.3 Å². The molecule has 1 aliphatic carbocycles. The van der Waals surface area contributed by atoms with Crippen LogP contribution in [0.1, 0.15) is 64.9 Å². The number of hydrogen-bond donors (Lipinski definition) is 1. The van der Waals surface area contributed by atoms with Crippen molar-refractivity contribution in [2.45, 2.75) is 72.3 Å². The Kier molecular flexibility index (Phi) is 5.55. The molecule has 118 valence electrons. The van der Waals surface area contributed by atoms with Crippen LogP contribution in [0.4, 0.5) is 5.69 Å². The van der Waals surface area contributed by atoms with Crippen LogP contribution in [0.25, 0.3) is 0 Å². The van der Waals surface area contributed by atoms with Crippen molar-refractivity contribution in [3.05, 3.63) is 23.8 Å². The Morgan fingerprint density at radius 2 is 2.05 bits per heavy atom. The summed E-state index contributed by atoms with van der Waals surface area (Å²) >= 11 is 0. The Balaban J connectivity index is 2.04. The Morgan fingerprint density at radius 3 is 2.81 bits per heavy atom. The second-order valence-electron chi connectivity index (χ2n) is 7.28. The van der Waals surface area contributed by atoms with Crippen LogP contribution < -0.4 is 10.1 Å². The van der Waals surface area contributed by atoms with Crippen molar-refractivity contribution in [2.75, 3.05) is 11.9 Å². The smallest absolute Gasteiger partial charge is 0.142 e. The highest BCUT2D eigenvalue weighted by molar-refractivity contribution is 5.58. The van der Waals surface area contributed by atoms with E-state index in [4.69, 9.17) is 4.74 Å². The van der Waals surface area contributed by atoms with Crippen molar-refractivity contribution in [1.82, 2.24) is 0 Å². The lowest BCUT2D eigenvalue weighted by Crippen LogP contribution is -2.19. The second kappa shape index (κ2) is 7.20. The van der Waals surface area contributed by atoms with Crippen LogP contribution in [-0.2, 0) is 0 Å². The third-order valence-electron chi connectivity index (χ3n) is 4.53. The summed E-state index contributed by atoms with van der Waals surface area (Å²) in [6.45, 7) is 9.86. The van der Waals surface area contributed by atoms with Crippen LogP contribution in [-0.4, -0.2) is 12.6 Å². The molecule has 21 heavy (non-hydrogen) atoms. The Hall–Kier alpha value is -1.18. The summed E-state index contributed by atoms with van der Waals surface area (Å²) in [5.74, 6) is 1.01. The van der Waals surface area contributed by atoms with Crippen LogP contribution in [0.3, 0.4) is 0 Å². The molecule has 0 bridgehead atoms. The molecule has 1 aromatic carbocycles. The number of ether oxygens (including phenoxy) is 1. The first-order valence-corrected chi connectivity index (χ1v) is 8.50. The fourth-order valence-corrected chi connectivity index (χ4v) is 3.11. The minimum atomic E-state index is 0.505. The van der Waals surface area contributed by atoms with Gasteiger partial charge in [-0.25, -0.2) is 0 Å². The zero-order valence-electron chi connectivity index (χ0n) is 14.2. The van der Waals surface area contributed by atoms with E-state index >= 15 is 0 Å². The molecule has 2 nitrogen and oxygen atoms in total. The van der Waals surface area contributed by atoms with Gasteiger partial charge in [-0.3, -0.25) is 0 Å². The van der Waals surface area contributed by atoms with E-state index in [1.54, 1.807) is 0 Å². The average molecular weight is 289 g/mol. The van der Waals surface area contributed by atoms with E-state index < -0.39 is 0 Å². The second-order valence-corrected chi connectivity index (χ2v) is 7.28. The number of nitrogens with one attached hydrogen (secondary N) is 1. The van der Waals surface area contributed by atoms with Gasteiger partial charge in [0.2, 0.25) is 0 Å². The maximum absolute atomic E-state index is 5.92. The molecule has 1 aliphatic rings. The van der Waals surface area contributed by atoms with Gasteiger partial charge in [0, 0.05) is 6.04 Å². The van der Waals surface area contributed by atoms with Gasteiger partial charge in [-0.05, 0) is 62.1 Å². The number of rotatable bonds is 5. The molecule has 0 amide bonds. The molecule has 0 heterocycles. The van der Waals surface area contributed by atoms with Crippen molar-refractivity contribution >= 4 is 5.69 Å². The summed E-state index contributed by atoms with van der Waals surface area (Å²) in [6, 6.07) is 7.08. The molecule has 1 N–H and O–H groups in total. The van der Waals surface area contributed by atoms with E-state index in [0.29, 0.717) is 11.5 Å². The minimum absolute atomic E-state index is 0.505. The van der Waals surface area contributed by atoms with Gasteiger partial charge in [-0.2, -0.15) is 0 Å². The Labute approximate surface area is 130 Å². The summed E-state index contributed by atoms with van der Waals surface area (Å²) in [5, 5.41) is 3.74. The Morgan fingerprint density at radius 1 is 1.24 bits per heavy atom. The fourth-order valence-electron chi connectivity index (χ4n) is 3.11. The monoisotopic (exact) mass is 289 g/mol. The maximum Gasteiger partial charge on any atom is 0.142 e. The first kappa shape index (κ1) is 16.2. The van der Waals surface area contributed by atoms with E-state index in [0.717, 1.165) is 18.8 Å². The highest BCUT2D eigenvalue weighted by Crippen LogP contribution is 2.36. The fraction of sp³-hybridized carbons (Fsp3) is 0.684. The lowest BCUT2D eigenvalue weighted by Gasteiger charge is -2.23. The van der Waals surface area contributed by atoms with Crippen LogP contribution >= 0.6 is 0 Å². The number of anilines is 1. The van der Waals surface area contributed by atoms with Crippen LogP contribution in [0.15, 0.2) is 18.2 Å². The highest BCUT2D eigenvalue weighted by atomic mass is 16.5. The van der Waals surface area contributed by atoms with Gasteiger partial charge in [0.15, 0.2) is 0 Å². The molecule has 1 fully saturated rings. The third kappa shape index (κ3) is 4.94. The molecule has 0 radical (unpaired) electrons. The molecule has 0 aromatic heterocycles. The van der Waals surface area contributed by atoms with Gasteiger partial charge in [0.25, 0.3) is 0 Å². The number of hydrogen-bond acceptors (Lipinski definition) is 2. The average Bonchev–Trinajstić information content (AvgIpc) is 2.60. The zero-order valence-corrected chi connectivity index (χ0v) is 14.2. The van der Waals surface area contributed by atoms with Crippen molar-refractivity contribution in [3.63, 3.8) is 0 Å². The zero-order chi connectivity index (χ0) is 15.3.